The van der Waals surface area contributed by atoms with Crippen molar-refractivity contribution < 1.29 is 9.53 Å². The van der Waals surface area contributed by atoms with Crippen LogP contribution in [0.2, 0.25) is 0 Å². The molecule has 0 unspecified atom stereocenters. The molecule has 1 aliphatic heterocycles. The van der Waals surface area contributed by atoms with Crippen LogP contribution in [-0.2, 0) is 0 Å². The van der Waals surface area contributed by atoms with Crippen LogP contribution in [0.15, 0.2) is 24.3 Å². The summed E-state index contributed by atoms with van der Waals surface area (Å²) < 4.78 is 5.58. The average molecular weight is 219 g/mol. The Morgan fingerprint density at radius 2 is 2.19 bits per heavy atom. The minimum atomic E-state index is -0.0581. The maximum absolute atomic E-state index is 12.1. The SMILES string of the molecule is CC(C)NC[C@H]1COc2ccccc2C1=O. The molecule has 0 saturated heterocycles. The topological polar surface area (TPSA) is 38.3 Å². The van der Waals surface area contributed by atoms with Gasteiger partial charge in [-0.25, -0.2) is 0 Å². The molecule has 1 N–H and O–H groups in total. The van der Waals surface area contributed by atoms with E-state index in [2.05, 4.69) is 19.2 Å². The molecule has 2 rings (SSSR count). The molecular formula is C13H17NO2. The Morgan fingerprint density at radius 1 is 1.44 bits per heavy atom. The van der Waals surface area contributed by atoms with Crippen LogP contribution in [-0.4, -0.2) is 25.0 Å². The summed E-state index contributed by atoms with van der Waals surface area (Å²) in [6, 6.07) is 7.83. The van der Waals surface area contributed by atoms with Crippen LogP contribution >= 0.6 is 0 Å². The van der Waals surface area contributed by atoms with Gasteiger partial charge in [-0.2, -0.15) is 0 Å². The highest BCUT2D eigenvalue weighted by Gasteiger charge is 2.28. The molecule has 16 heavy (non-hydrogen) atoms. The maximum Gasteiger partial charge on any atom is 0.174 e. The van der Waals surface area contributed by atoms with E-state index in [0.717, 1.165) is 0 Å². The van der Waals surface area contributed by atoms with Gasteiger partial charge in [0.2, 0.25) is 0 Å². The van der Waals surface area contributed by atoms with Gasteiger partial charge in [0.25, 0.3) is 0 Å². The van der Waals surface area contributed by atoms with Crippen LogP contribution in [0.5, 0.6) is 5.75 Å². The summed E-state index contributed by atoms with van der Waals surface area (Å²) in [7, 11) is 0. The predicted octanol–water partition coefficient (Wildman–Crippen LogP) is 1.88. The number of para-hydroxylation sites is 1. The summed E-state index contributed by atoms with van der Waals surface area (Å²) in [6.45, 7) is 5.31. The third-order valence-electron chi connectivity index (χ3n) is 2.74. The lowest BCUT2D eigenvalue weighted by Crippen LogP contribution is -2.38. The van der Waals surface area contributed by atoms with E-state index < -0.39 is 0 Å². The van der Waals surface area contributed by atoms with Gasteiger partial charge in [-0.15, -0.1) is 0 Å². The molecule has 3 heteroatoms. The third kappa shape index (κ3) is 2.25. The van der Waals surface area contributed by atoms with Gasteiger partial charge in [0, 0.05) is 12.6 Å². The van der Waals surface area contributed by atoms with Gasteiger partial charge in [0.05, 0.1) is 18.1 Å². The highest BCUT2D eigenvalue weighted by Crippen LogP contribution is 2.26. The van der Waals surface area contributed by atoms with Gasteiger partial charge < -0.3 is 10.1 Å². The molecule has 0 radical (unpaired) electrons. The minimum Gasteiger partial charge on any atom is -0.492 e. The molecule has 3 nitrogen and oxygen atoms in total. The largest absolute Gasteiger partial charge is 0.492 e. The zero-order valence-corrected chi connectivity index (χ0v) is 9.69. The van der Waals surface area contributed by atoms with E-state index in [1.54, 1.807) is 0 Å². The fraction of sp³-hybridized carbons (Fsp3) is 0.462. The molecule has 1 aromatic carbocycles. The molecule has 1 heterocycles. The second-order valence-corrected chi connectivity index (χ2v) is 4.43. The number of Topliss-reactive ketones (excluding diaryl/α,β-unsaturated/α-hetero) is 1. The number of ether oxygens (including phenoxy) is 1. The lowest BCUT2D eigenvalue weighted by Gasteiger charge is -2.24. The van der Waals surface area contributed by atoms with E-state index in [1.807, 2.05) is 24.3 Å². The highest BCUT2D eigenvalue weighted by atomic mass is 16.5. The molecule has 1 aromatic rings. The molecule has 0 fully saturated rings. The Bertz CT molecular complexity index is 387. The average Bonchev–Trinajstić information content (AvgIpc) is 2.28. The van der Waals surface area contributed by atoms with Crippen molar-refractivity contribution in [2.45, 2.75) is 19.9 Å². The molecule has 1 aliphatic rings. The number of rotatable bonds is 3. The first-order valence-electron chi connectivity index (χ1n) is 5.68. The van der Waals surface area contributed by atoms with Crippen LogP contribution in [0.4, 0.5) is 0 Å². The van der Waals surface area contributed by atoms with Crippen LogP contribution in [0.1, 0.15) is 24.2 Å². The van der Waals surface area contributed by atoms with Crippen molar-refractivity contribution in [1.82, 2.24) is 5.32 Å². The zero-order valence-electron chi connectivity index (χ0n) is 9.69. The molecule has 0 saturated carbocycles. The highest BCUT2D eigenvalue weighted by molar-refractivity contribution is 6.01. The zero-order chi connectivity index (χ0) is 11.5. The quantitative estimate of drug-likeness (QED) is 0.843. The second-order valence-electron chi connectivity index (χ2n) is 4.43. The molecule has 0 aromatic heterocycles. The summed E-state index contributed by atoms with van der Waals surface area (Å²) in [5, 5.41) is 3.28. The standard InChI is InChI=1S/C13H17NO2/c1-9(2)14-7-10-8-16-12-6-4-3-5-11(12)13(10)15/h3-6,9-10,14H,7-8H2,1-2H3/t10-/m0/s1. The molecule has 0 spiro atoms. The first-order chi connectivity index (χ1) is 7.68. The number of ketones is 1. The first kappa shape index (κ1) is 11.1. The van der Waals surface area contributed by atoms with Gasteiger partial charge in [-0.1, -0.05) is 26.0 Å². The first-order valence-corrected chi connectivity index (χ1v) is 5.68. The van der Waals surface area contributed by atoms with Gasteiger partial charge in [-0.3, -0.25) is 4.79 Å². The summed E-state index contributed by atoms with van der Waals surface area (Å²) in [5.41, 5.74) is 0.712. The van der Waals surface area contributed by atoms with Crippen molar-refractivity contribution in [2.24, 2.45) is 5.92 Å². The van der Waals surface area contributed by atoms with Gasteiger partial charge >= 0.3 is 0 Å². The van der Waals surface area contributed by atoms with Crippen molar-refractivity contribution in [1.29, 1.82) is 0 Å². The number of benzene rings is 1. The van der Waals surface area contributed by atoms with Gasteiger partial charge in [0.1, 0.15) is 5.75 Å². The van der Waals surface area contributed by atoms with Crippen molar-refractivity contribution >= 4 is 5.78 Å². The fourth-order valence-electron chi connectivity index (χ4n) is 1.81. The van der Waals surface area contributed by atoms with Crippen LogP contribution < -0.4 is 10.1 Å². The Hall–Kier alpha value is -1.35. The van der Waals surface area contributed by atoms with E-state index in [4.69, 9.17) is 4.74 Å². The maximum atomic E-state index is 12.1. The number of carbonyl (C=O) groups is 1. The summed E-state index contributed by atoms with van der Waals surface area (Å²) in [6.07, 6.45) is 0. The number of carbonyl (C=O) groups excluding carboxylic acids is 1. The smallest absolute Gasteiger partial charge is 0.174 e. The Labute approximate surface area is 95.8 Å². The Kier molecular flexibility index (Phi) is 3.25. The molecule has 0 aliphatic carbocycles. The number of nitrogens with one attached hydrogen (secondary N) is 1. The van der Waals surface area contributed by atoms with Gasteiger partial charge in [-0.05, 0) is 12.1 Å². The third-order valence-corrected chi connectivity index (χ3v) is 2.74. The number of fused-ring (bicyclic) bond motifs is 1. The molecule has 0 bridgehead atoms. The van der Waals surface area contributed by atoms with Crippen molar-refractivity contribution in [3.8, 4) is 5.75 Å². The van der Waals surface area contributed by atoms with Crippen molar-refractivity contribution in [3.05, 3.63) is 29.8 Å². The molecule has 1 atom stereocenters. The van der Waals surface area contributed by atoms with Crippen molar-refractivity contribution in [3.63, 3.8) is 0 Å². The Morgan fingerprint density at radius 3 is 2.94 bits per heavy atom. The summed E-state index contributed by atoms with van der Waals surface area (Å²) in [4.78, 5) is 12.1. The van der Waals surface area contributed by atoms with E-state index in [9.17, 15) is 4.79 Å². The van der Waals surface area contributed by atoms with Crippen LogP contribution in [0.25, 0.3) is 0 Å². The van der Waals surface area contributed by atoms with E-state index in [-0.39, 0.29) is 11.7 Å². The second kappa shape index (κ2) is 4.66. The normalized spacial score (nSPS) is 19.4. The van der Waals surface area contributed by atoms with Crippen LogP contribution in [0, 0.1) is 5.92 Å². The lowest BCUT2D eigenvalue weighted by molar-refractivity contribution is 0.0828. The summed E-state index contributed by atoms with van der Waals surface area (Å²) >= 11 is 0. The van der Waals surface area contributed by atoms with E-state index >= 15 is 0 Å². The predicted molar refractivity (Wildman–Crippen MR) is 62.9 cm³/mol. The minimum absolute atomic E-state index is 0.0581. The number of hydrogen-bond donors (Lipinski definition) is 1. The van der Waals surface area contributed by atoms with Gasteiger partial charge in [0.15, 0.2) is 5.78 Å². The molecule has 86 valence electrons. The van der Waals surface area contributed by atoms with Crippen LogP contribution in [0.3, 0.4) is 0 Å². The van der Waals surface area contributed by atoms with Crippen molar-refractivity contribution in [2.75, 3.05) is 13.2 Å². The molecular weight excluding hydrogens is 202 g/mol. The molecule has 0 amide bonds. The summed E-state index contributed by atoms with van der Waals surface area (Å²) in [5.74, 6) is 0.848. The number of hydrogen-bond acceptors (Lipinski definition) is 3. The monoisotopic (exact) mass is 219 g/mol. The fourth-order valence-corrected chi connectivity index (χ4v) is 1.81. The lowest BCUT2D eigenvalue weighted by atomic mass is 9.95. The van der Waals surface area contributed by atoms with E-state index in [1.165, 1.54) is 0 Å². The van der Waals surface area contributed by atoms with E-state index in [0.29, 0.717) is 30.5 Å². The Balaban J connectivity index is 2.09.